The standard InChI is InChI=1S/C19H27N3O6S2/c1-27-18(25)14(8-10-29-3)21-16(23)12-6-5-7-13(20-12)17(24)22-15(9-11-30-4)19(26)28-2/h5-7,14-15H,8-11H2,1-4H3,(H,21,23)(H,22,24)/t14-,15-/m0/s1. The molecule has 0 aliphatic carbocycles. The molecule has 0 spiro atoms. The predicted octanol–water partition coefficient (Wildman–Crippen LogP) is 1.13. The van der Waals surface area contributed by atoms with Crippen LogP contribution in [0.1, 0.15) is 33.8 Å². The largest absolute Gasteiger partial charge is 0.467 e. The molecule has 0 aliphatic heterocycles. The van der Waals surface area contributed by atoms with E-state index in [1.54, 1.807) is 0 Å². The molecule has 2 amide bonds. The number of hydrogen-bond donors (Lipinski definition) is 2. The van der Waals surface area contributed by atoms with E-state index in [1.807, 2.05) is 12.5 Å². The van der Waals surface area contributed by atoms with Crippen LogP contribution in [0.25, 0.3) is 0 Å². The van der Waals surface area contributed by atoms with E-state index >= 15 is 0 Å². The highest BCUT2D eigenvalue weighted by atomic mass is 32.2. The zero-order chi connectivity index (χ0) is 22.5. The summed E-state index contributed by atoms with van der Waals surface area (Å²) in [4.78, 5) is 52.9. The molecule has 9 nitrogen and oxygen atoms in total. The number of nitrogens with zero attached hydrogens (tertiary/aromatic N) is 1. The van der Waals surface area contributed by atoms with Crippen molar-refractivity contribution in [2.24, 2.45) is 0 Å². The molecule has 0 aliphatic rings. The number of thioether (sulfide) groups is 2. The fourth-order valence-corrected chi connectivity index (χ4v) is 3.35. The molecule has 2 N–H and O–H groups in total. The van der Waals surface area contributed by atoms with E-state index in [0.717, 1.165) is 0 Å². The van der Waals surface area contributed by atoms with Crippen molar-refractivity contribution in [1.82, 2.24) is 15.6 Å². The fraction of sp³-hybridized carbons (Fsp3) is 0.526. The molecule has 0 saturated heterocycles. The number of carbonyl (C=O) groups excluding carboxylic acids is 4. The highest BCUT2D eigenvalue weighted by molar-refractivity contribution is 7.98. The lowest BCUT2D eigenvalue weighted by Crippen LogP contribution is -2.43. The summed E-state index contributed by atoms with van der Waals surface area (Å²) in [6, 6.07) is 2.73. The number of aromatic nitrogens is 1. The molecule has 0 saturated carbocycles. The Balaban J connectivity index is 2.91. The molecule has 0 bridgehead atoms. The van der Waals surface area contributed by atoms with Crippen molar-refractivity contribution in [3.8, 4) is 0 Å². The van der Waals surface area contributed by atoms with Crippen molar-refractivity contribution in [3.05, 3.63) is 29.6 Å². The fourth-order valence-electron chi connectivity index (χ4n) is 2.41. The van der Waals surface area contributed by atoms with Gasteiger partial charge in [0.15, 0.2) is 0 Å². The summed E-state index contributed by atoms with van der Waals surface area (Å²) >= 11 is 3.07. The van der Waals surface area contributed by atoms with Gasteiger partial charge in [0.2, 0.25) is 0 Å². The topological polar surface area (TPSA) is 124 Å². The lowest BCUT2D eigenvalue weighted by atomic mass is 10.2. The molecule has 0 aromatic carbocycles. The van der Waals surface area contributed by atoms with Gasteiger partial charge in [-0.1, -0.05) is 6.07 Å². The van der Waals surface area contributed by atoms with Crippen LogP contribution in [0.4, 0.5) is 0 Å². The number of ether oxygens (including phenoxy) is 2. The number of hydrogen-bond acceptors (Lipinski definition) is 9. The van der Waals surface area contributed by atoms with Crippen molar-refractivity contribution in [1.29, 1.82) is 0 Å². The Kier molecular flexibility index (Phi) is 11.9. The van der Waals surface area contributed by atoms with Crippen LogP contribution in [0.2, 0.25) is 0 Å². The van der Waals surface area contributed by atoms with E-state index in [1.165, 1.54) is 55.9 Å². The SMILES string of the molecule is COC(=O)[C@H](CCSC)NC(=O)c1cccc(C(=O)N[C@@H](CCSC)C(=O)OC)n1. The van der Waals surface area contributed by atoms with Crippen LogP contribution in [-0.4, -0.2) is 79.1 Å². The third-order valence-electron chi connectivity index (χ3n) is 4.02. The Morgan fingerprint density at radius 2 is 1.27 bits per heavy atom. The lowest BCUT2D eigenvalue weighted by molar-refractivity contribution is -0.143. The maximum Gasteiger partial charge on any atom is 0.328 e. The molecule has 1 rings (SSSR count). The first kappa shape index (κ1) is 25.8. The normalized spacial score (nSPS) is 12.4. The van der Waals surface area contributed by atoms with E-state index < -0.39 is 35.8 Å². The van der Waals surface area contributed by atoms with Gasteiger partial charge in [-0.25, -0.2) is 14.6 Å². The Hall–Kier alpha value is -2.27. The highest BCUT2D eigenvalue weighted by Crippen LogP contribution is 2.07. The zero-order valence-electron chi connectivity index (χ0n) is 17.4. The van der Waals surface area contributed by atoms with Crippen molar-refractivity contribution >= 4 is 47.3 Å². The van der Waals surface area contributed by atoms with Gasteiger partial charge in [0.05, 0.1) is 14.2 Å². The van der Waals surface area contributed by atoms with Crippen LogP contribution < -0.4 is 10.6 Å². The van der Waals surface area contributed by atoms with Gasteiger partial charge in [0.1, 0.15) is 23.5 Å². The van der Waals surface area contributed by atoms with Crippen LogP contribution in [0, 0.1) is 0 Å². The second kappa shape index (κ2) is 13.9. The van der Waals surface area contributed by atoms with Gasteiger partial charge in [-0.3, -0.25) is 9.59 Å². The molecular weight excluding hydrogens is 430 g/mol. The van der Waals surface area contributed by atoms with Gasteiger partial charge < -0.3 is 20.1 Å². The highest BCUT2D eigenvalue weighted by Gasteiger charge is 2.25. The third kappa shape index (κ3) is 8.23. The first-order chi connectivity index (χ1) is 14.4. The first-order valence-electron chi connectivity index (χ1n) is 9.10. The van der Waals surface area contributed by atoms with Crippen LogP contribution in [0.3, 0.4) is 0 Å². The minimum absolute atomic E-state index is 0.0283. The molecule has 0 fully saturated rings. The van der Waals surface area contributed by atoms with Gasteiger partial charge >= 0.3 is 11.9 Å². The maximum atomic E-state index is 12.5. The van der Waals surface area contributed by atoms with Gasteiger partial charge in [0, 0.05) is 0 Å². The molecule has 1 heterocycles. The third-order valence-corrected chi connectivity index (χ3v) is 5.31. The maximum absolute atomic E-state index is 12.5. The molecule has 0 radical (unpaired) electrons. The predicted molar refractivity (Wildman–Crippen MR) is 117 cm³/mol. The van der Waals surface area contributed by atoms with Gasteiger partial charge in [-0.2, -0.15) is 23.5 Å². The number of pyridine rings is 1. The summed E-state index contributed by atoms with van der Waals surface area (Å²) in [6.07, 6.45) is 4.58. The number of esters is 2. The minimum Gasteiger partial charge on any atom is -0.467 e. The molecule has 166 valence electrons. The average molecular weight is 458 g/mol. The van der Waals surface area contributed by atoms with Gasteiger partial charge in [-0.15, -0.1) is 0 Å². The summed E-state index contributed by atoms with van der Waals surface area (Å²) in [6.45, 7) is 0. The van der Waals surface area contributed by atoms with Crippen molar-refractivity contribution in [2.45, 2.75) is 24.9 Å². The molecule has 1 aromatic rings. The second-order valence-electron chi connectivity index (χ2n) is 6.07. The number of rotatable bonds is 12. The van der Waals surface area contributed by atoms with E-state index in [4.69, 9.17) is 9.47 Å². The number of carbonyl (C=O) groups is 4. The summed E-state index contributed by atoms with van der Waals surface area (Å²) in [5.41, 5.74) is -0.0566. The van der Waals surface area contributed by atoms with Crippen LogP contribution in [0.15, 0.2) is 18.2 Å². The Bertz CT molecular complexity index is 689. The van der Waals surface area contributed by atoms with E-state index in [2.05, 4.69) is 15.6 Å². The zero-order valence-corrected chi connectivity index (χ0v) is 19.1. The lowest BCUT2D eigenvalue weighted by Gasteiger charge is -2.17. The Labute approximate surface area is 184 Å². The van der Waals surface area contributed by atoms with Crippen LogP contribution in [0.5, 0.6) is 0 Å². The number of nitrogens with one attached hydrogen (secondary N) is 2. The summed E-state index contributed by atoms with van der Waals surface area (Å²) in [7, 11) is 2.50. The number of amides is 2. The first-order valence-corrected chi connectivity index (χ1v) is 11.9. The molecular formula is C19H27N3O6S2. The summed E-state index contributed by atoms with van der Waals surface area (Å²) < 4.78 is 9.45. The average Bonchev–Trinajstić information content (AvgIpc) is 2.77. The van der Waals surface area contributed by atoms with E-state index in [9.17, 15) is 19.2 Å². The number of methoxy groups -OCH3 is 2. The van der Waals surface area contributed by atoms with E-state index in [-0.39, 0.29) is 11.4 Å². The smallest absolute Gasteiger partial charge is 0.328 e. The van der Waals surface area contributed by atoms with Crippen LogP contribution in [-0.2, 0) is 19.1 Å². The molecule has 1 aromatic heterocycles. The van der Waals surface area contributed by atoms with Crippen molar-refractivity contribution in [3.63, 3.8) is 0 Å². The van der Waals surface area contributed by atoms with Crippen molar-refractivity contribution < 1.29 is 28.7 Å². The monoisotopic (exact) mass is 457 g/mol. The van der Waals surface area contributed by atoms with Crippen molar-refractivity contribution in [2.75, 3.05) is 38.2 Å². The van der Waals surface area contributed by atoms with E-state index in [0.29, 0.717) is 24.3 Å². The Morgan fingerprint density at radius 1 is 0.867 bits per heavy atom. The Morgan fingerprint density at radius 3 is 1.60 bits per heavy atom. The molecule has 11 heteroatoms. The molecule has 2 atom stereocenters. The van der Waals surface area contributed by atoms with Gasteiger partial charge in [0.25, 0.3) is 11.8 Å². The summed E-state index contributed by atoms with van der Waals surface area (Å²) in [5.74, 6) is -1.01. The van der Waals surface area contributed by atoms with Crippen LogP contribution >= 0.6 is 23.5 Å². The molecule has 30 heavy (non-hydrogen) atoms. The molecule has 0 unspecified atom stereocenters. The minimum atomic E-state index is -0.815. The second-order valence-corrected chi connectivity index (χ2v) is 8.04. The van der Waals surface area contributed by atoms with Gasteiger partial charge in [-0.05, 0) is 49.0 Å². The summed E-state index contributed by atoms with van der Waals surface area (Å²) in [5, 5.41) is 5.17. The quantitative estimate of drug-likeness (QED) is 0.445.